The van der Waals surface area contributed by atoms with Crippen molar-refractivity contribution in [3.63, 3.8) is 0 Å². The Bertz CT molecular complexity index is 149. The lowest BCUT2D eigenvalue weighted by Crippen LogP contribution is -2.29. The van der Waals surface area contributed by atoms with Crippen molar-refractivity contribution in [3.8, 4) is 0 Å². The summed E-state index contributed by atoms with van der Waals surface area (Å²) in [6.45, 7) is 2.10. The zero-order valence-electron chi connectivity index (χ0n) is 6.63. The molecule has 2 unspecified atom stereocenters. The molecule has 1 fully saturated rings. The molecule has 0 aromatic carbocycles. The van der Waals surface area contributed by atoms with Gasteiger partial charge < -0.3 is 4.90 Å². The Balaban J connectivity index is 2.61. The summed E-state index contributed by atoms with van der Waals surface area (Å²) >= 11 is 1.79. The van der Waals surface area contributed by atoms with Crippen LogP contribution in [0.4, 0.5) is 0 Å². The molecule has 0 N–H and O–H groups in total. The molecule has 0 aromatic heterocycles. The van der Waals surface area contributed by atoms with Crippen LogP contribution in [0.25, 0.3) is 0 Å². The maximum atomic E-state index is 11.1. The molecule has 10 heavy (non-hydrogen) atoms. The fourth-order valence-corrected chi connectivity index (χ4v) is 2.13. The van der Waals surface area contributed by atoms with E-state index >= 15 is 0 Å². The van der Waals surface area contributed by atoms with Crippen molar-refractivity contribution >= 4 is 17.7 Å². The molecule has 1 rings (SSSR count). The molecule has 0 spiro atoms. The minimum Gasteiger partial charge on any atom is -0.342 e. The monoisotopic (exact) mass is 159 g/mol. The first kappa shape index (κ1) is 7.92. The van der Waals surface area contributed by atoms with Crippen LogP contribution in [0.3, 0.4) is 0 Å². The lowest BCUT2D eigenvalue weighted by molar-refractivity contribution is -0.127. The van der Waals surface area contributed by atoms with E-state index in [0.717, 1.165) is 6.42 Å². The van der Waals surface area contributed by atoms with Crippen LogP contribution in [-0.2, 0) is 4.79 Å². The average Bonchev–Trinajstić information content (AvgIpc) is 2.17. The van der Waals surface area contributed by atoms with E-state index in [1.165, 1.54) is 0 Å². The summed E-state index contributed by atoms with van der Waals surface area (Å²) in [5.74, 6) is 0.284. The Labute approximate surface area is 66.0 Å². The zero-order chi connectivity index (χ0) is 7.72. The quantitative estimate of drug-likeness (QED) is 0.568. The molecule has 2 atom stereocenters. The van der Waals surface area contributed by atoms with Gasteiger partial charge in [-0.15, -0.1) is 0 Å². The molecule has 0 aromatic rings. The second-order valence-corrected chi connectivity index (χ2v) is 3.80. The molecule has 2 nitrogen and oxygen atoms in total. The van der Waals surface area contributed by atoms with E-state index in [2.05, 4.69) is 13.2 Å². The smallest absolute Gasteiger partial charge is 0.223 e. The summed E-state index contributed by atoms with van der Waals surface area (Å²) in [6.07, 6.45) is 2.78. The molecule has 3 heteroatoms. The predicted molar refractivity (Wildman–Crippen MR) is 44.2 cm³/mol. The van der Waals surface area contributed by atoms with Crippen LogP contribution < -0.4 is 0 Å². The van der Waals surface area contributed by atoms with Crippen LogP contribution in [0.2, 0.25) is 0 Å². The molecule has 1 heterocycles. The van der Waals surface area contributed by atoms with Crippen molar-refractivity contribution in [3.05, 3.63) is 0 Å². The minimum atomic E-state index is 0.284. The van der Waals surface area contributed by atoms with Gasteiger partial charge in [-0.1, -0.05) is 0 Å². The highest BCUT2D eigenvalue weighted by atomic mass is 32.2. The highest BCUT2D eigenvalue weighted by Crippen LogP contribution is 2.26. The van der Waals surface area contributed by atoms with E-state index < -0.39 is 0 Å². The van der Waals surface area contributed by atoms with Crippen LogP contribution >= 0.6 is 11.8 Å². The highest BCUT2D eigenvalue weighted by molar-refractivity contribution is 7.99. The molecule has 0 bridgehead atoms. The van der Waals surface area contributed by atoms with Crippen molar-refractivity contribution in [1.29, 1.82) is 0 Å². The summed E-state index contributed by atoms with van der Waals surface area (Å²) in [6, 6.07) is 0.419. The van der Waals surface area contributed by atoms with E-state index in [4.69, 9.17) is 0 Å². The summed E-state index contributed by atoms with van der Waals surface area (Å²) < 4.78 is 0. The van der Waals surface area contributed by atoms with Gasteiger partial charge in [0.1, 0.15) is 0 Å². The van der Waals surface area contributed by atoms with Crippen LogP contribution in [0.15, 0.2) is 0 Å². The fraction of sp³-hybridized carbons (Fsp3) is 0.857. The Morgan fingerprint density at radius 3 is 2.50 bits per heavy atom. The fourth-order valence-electron chi connectivity index (χ4n) is 1.24. The number of rotatable bonds is 1. The number of thioether (sulfide) groups is 1. The second-order valence-electron chi connectivity index (χ2n) is 2.72. The zero-order valence-corrected chi connectivity index (χ0v) is 7.44. The molecule has 0 radical (unpaired) electrons. The number of carbonyl (C=O) groups excluding carboxylic acids is 1. The van der Waals surface area contributed by atoms with E-state index in [9.17, 15) is 4.79 Å². The van der Waals surface area contributed by atoms with Gasteiger partial charge in [0.05, 0.1) is 0 Å². The Morgan fingerprint density at radius 2 is 2.30 bits per heavy atom. The Kier molecular flexibility index (Phi) is 2.24. The highest BCUT2D eigenvalue weighted by Gasteiger charge is 2.33. The van der Waals surface area contributed by atoms with Gasteiger partial charge in [0.15, 0.2) is 0 Å². The third-order valence-electron chi connectivity index (χ3n) is 2.22. The van der Waals surface area contributed by atoms with Crippen molar-refractivity contribution in [2.45, 2.75) is 24.6 Å². The lowest BCUT2D eigenvalue weighted by atomic mass is 10.2. The van der Waals surface area contributed by atoms with E-state index in [-0.39, 0.29) is 5.91 Å². The molecule has 0 aliphatic carbocycles. The summed E-state index contributed by atoms with van der Waals surface area (Å²) in [7, 11) is 1.88. The minimum absolute atomic E-state index is 0.284. The molecule has 1 saturated heterocycles. The van der Waals surface area contributed by atoms with Gasteiger partial charge in [0.2, 0.25) is 5.91 Å². The maximum absolute atomic E-state index is 11.1. The van der Waals surface area contributed by atoms with Gasteiger partial charge in [-0.05, 0) is 13.2 Å². The molecule has 1 aliphatic rings. The molecule has 0 saturated carbocycles. The molecular formula is C7H13NOS. The standard InChI is InChI=1S/C7H13NOS/c1-5-6(10-3)4-7(9)8(5)2/h5-6H,4H2,1-3H3. The molecular weight excluding hydrogens is 146 g/mol. The number of carbonyl (C=O) groups is 1. The number of hydrogen-bond acceptors (Lipinski definition) is 2. The predicted octanol–water partition coefficient (Wildman–Crippen LogP) is 0.969. The van der Waals surface area contributed by atoms with Crippen molar-refractivity contribution < 1.29 is 4.79 Å². The first-order valence-electron chi connectivity index (χ1n) is 3.45. The van der Waals surface area contributed by atoms with Gasteiger partial charge >= 0.3 is 0 Å². The van der Waals surface area contributed by atoms with Crippen molar-refractivity contribution in [2.75, 3.05) is 13.3 Å². The second kappa shape index (κ2) is 2.82. The van der Waals surface area contributed by atoms with Gasteiger partial charge in [-0.25, -0.2) is 0 Å². The maximum Gasteiger partial charge on any atom is 0.223 e. The van der Waals surface area contributed by atoms with E-state index in [1.807, 2.05) is 11.9 Å². The summed E-state index contributed by atoms with van der Waals surface area (Å²) in [5, 5.41) is 0.512. The first-order chi connectivity index (χ1) is 4.66. The van der Waals surface area contributed by atoms with Gasteiger partial charge in [0, 0.05) is 24.8 Å². The van der Waals surface area contributed by atoms with E-state index in [1.54, 1.807) is 11.8 Å². The topological polar surface area (TPSA) is 20.3 Å². The molecule has 58 valence electrons. The SMILES string of the molecule is CSC1CC(=O)N(C)C1C. The molecule has 1 aliphatic heterocycles. The lowest BCUT2D eigenvalue weighted by Gasteiger charge is -2.18. The Hall–Kier alpha value is -0.180. The third-order valence-corrected chi connectivity index (χ3v) is 3.39. The molecule has 1 amide bonds. The third kappa shape index (κ3) is 1.15. The normalized spacial score (nSPS) is 33.5. The number of likely N-dealkylation sites (tertiary alicyclic amines) is 1. The van der Waals surface area contributed by atoms with Crippen LogP contribution in [-0.4, -0.2) is 35.4 Å². The van der Waals surface area contributed by atoms with Crippen molar-refractivity contribution in [2.24, 2.45) is 0 Å². The first-order valence-corrected chi connectivity index (χ1v) is 4.74. The summed E-state index contributed by atoms with van der Waals surface area (Å²) in [5.41, 5.74) is 0. The number of amides is 1. The summed E-state index contributed by atoms with van der Waals surface area (Å²) in [4.78, 5) is 12.9. The largest absolute Gasteiger partial charge is 0.342 e. The van der Waals surface area contributed by atoms with Crippen LogP contribution in [0.5, 0.6) is 0 Å². The Morgan fingerprint density at radius 1 is 1.70 bits per heavy atom. The van der Waals surface area contributed by atoms with Crippen LogP contribution in [0, 0.1) is 0 Å². The van der Waals surface area contributed by atoms with Gasteiger partial charge in [-0.2, -0.15) is 11.8 Å². The number of hydrogen-bond donors (Lipinski definition) is 0. The van der Waals surface area contributed by atoms with Crippen LogP contribution in [0.1, 0.15) is 13.3 Å². The average molecular weight is 159 g/mol. The van der Waals surface area contributed by atoms with Gasteiger partial charge in [0.25, 0.3) is 0 Å². The van der Waals surface area contributed by atoms with Gasteiger partial charge in [-0.3, -0.25) is 4.79 Å². The number of nitrogens with zero attached hydrogens (tertiary/aromatic N) is 1. The van der Waals surface area contributed by atoms with E-state index in [0.29, 0.717) is 11.3 Å². The van der Waals surface area contributed by atoms with Crippen molar-refractivity contribution in [1.82, 2.24) is 4.90 Å².